The van der Waals surface area contributed by atoms with Gasteiger partial charge in [-0.2, -0.15) is 0 Å². The van der Waals surface area contributed by atoms with Crippen LogP contribution in [0, 0.1) is 6.92 Å². The van der Waals surface area contributed by atoms with Gasteiger partial charge < -0.3 is 10.6 Å². The van der Waals surface area contributed by atoms with Gasteiger partial charge in [0.1, 0.15) is 5.50 Å². The molecule has 1 aliphatic rings. The van der Waals surface area contributed by atoms with E-state index in [1.54, 1.807) is 12.1 Å². The van der Waals surface area contributed by atoms with Crippen LogP contribution in [0.2, 0.25) is 0 Å². The first-order chi connectivity index (χ1) is 15.6. The maximum Gasteiger partial charge on any atom is 0.241 e. The van der Waals surface area contributed by atoms with Crippen molar-refractivity contribution in [1.82, 2.24) is 10.6 Å². The summed E-state index contributed by atoms with van der Waals surface area (Å²) < 4.78 is 25.8. The Morgan fingerprint density at radius 2 is 1.76 bits per heavy atom. The maximum atomic E-state index is 12.9. The molecule has 3 unspecified atom stereocenters. The number of nitrogens with one attached hydrogen (secondary N) is 3. The van der Waals surface area contributed by atoms with Gasteiger partial charge >= 0.3 is 0 Å². The molecule has 7 nitrogen and oxygen atoms in total. The van der Waals surface area contributed by atoms with Gasteiger partial charge in [-0.25, -0.2) is 8.42 Å². The first-order valence-electron chi connectivity index (χ1n) is 11.0. The van der Waals surface area contributed by atoms with Crippen LogP contribution in [0.3, 0.4) is 0 Å². The molecule has 9 heteroatoms. The Balaban J connectivity index is 1.60. The smallest absolute Gasteiger partial charge is 0.241 e. The molecule has 0 saturated carbocycles. The van der Waals surface area contributed by atoms with Gasteiger partial charge in [0.25, 0.3) is 0 Å². The number of thioether (sulfide) groups is 1. The zero-order valence-corrected chi connectivity index (χ0v) is 20.9. The number of sulfone groups is 1. The Hall–Kier alpha value is -2.36. The molecule has 0 bridgehead atoms. The fraction of sp³-hybridized carbons (Fsp3) is 0.417. The third kappa shape index (κ3) is 6.16. The van der Waals surface area contributed by atoms with Crippen molar-refractivity contribution in [2.45, 2.75) is 60.9 Å². The van der Waals surface area contributed by atoms with Crippen LogP contribution in [-0.2, 0) is 19.4 Å². The highest BCUT2D eigenvalue weighted by molar-refractivity contribution is 8.01. The normalized spacial score (nSPS) is 19.7. The zero-order chi connectivity index (χ0) is 24.2. The number of hydrogen-bond donors (Lipinski definition) is 3. The molecule has 2 aromatic rings. The first kappa shape index (κ1) is 25.3. The van der Waals surface area contributed by atoms with Crippen LogP contribution >= 0.6 is 11.8 Å². The number of benzene rings is 2. The molecule has 178 valence electrons. The predicted molar refractivity (Wildman–Crippen MR) is 133 cm³/mol. The molecule has 0 aromatic heterocycles. The standard InChI is InChI=1S/C24H31N3O4S2/c1-5-20(22(28)26-18-10-8-17(9-11-18)15(2)3)32-24-25-14-21(23(29)27-24)33(30,31)19-12-6-16(4)7-13-19/h6-13,15,20-21,24-25H,5,14H2,1-4H3,(H,26,28)(H,27,29). The third-order valence-electron chi connectivity index (χ3n) is 5.59. The fourth-order valence-corrected chi connectivity index (χ4v) is 6.08. The molecule has 2 aromatic carbocycles. The number of rotatable bonds is 8. The lowest BCUT2D eigenvalue weighted by Gasteiger charge is -2.31. The number of hydrogen-bond acceptors (Lipinski definition) is 6. The van der Waals surface area contributed by atoms with E-state index >= 15 is 0 Å². The summed E-state index contributed by atoms with van der Waals surface area (Å²) in [6.07, 6.45) is 0.555. The summed E-state index contributed by atoms with van der Waals surface area (Å²) in [5, 5.41) is 7.06. The topological polar surface area (TPSA) is 104 Å². The number of carbonyl (C=O) groups excluding carboxylic acids is 2. The molecule has 3 N–H and O–H groups in total. The summed E-state index contributed by atoms with van der Waals surface area (Å²) in [4.78, 5) is 25.6. The highest BCUT2D eigenvalue weighted by Crippen LogP contribution is 2.25. The molecule has 1 fully saturated rings. The van der Waals surface area contributed by atoms with E-state index in [0.29, 0.717) is 18.0 Å². The van der Waals surface area contributed by atoms with Gasteiger partial charge in [-0.1, -0.05) is 50.6 Å². The molecule has 0 radical (unpaired) electrons. The molecular weight excluding hydrogens is 458 g/mol. The largest absolute Gasteiger partial charge is 0.331 e. The second kappa shape index (κ2) is 10.7. The molecular formula is C24H31N3O4S2. The van der Waals surface area contributed by atoms with Crippen molar-refractivity contribution in [3.63, 3.8) is 0 Å². The van der Waals surface area contributed by atoms with Crippen molar-refractivity contribution >= 4 is 39.1 Å². The molecule has 2 amide bonds. The maximum absolute atomic E-state index is 12.9. The Labute approximate surface area is 200 Å². The molecule has 33 heavy (non-hydrogen) atoms. The van der Waals surface area contributed by atoms with Crippen molar-refractivity contribution in [1.29, 1.82) is 0 Å². The van der Waals surface area contributed by atoms with E-state index in [4.69, 9.17) is 0 Å². The molecule has 1 saturated heterocycles. The third-order valence-corrected chi connectivity index (χ3v) is 9.08. The van der Waals surface area contributed by atoms with Crippen molar-refractivity contribution in [3.8, 4) is 0 Å². The number of carbonyl (C=O) groups is 2. The van der Waals surface area contributed by atoms with Crippen molar-refractivity contribution < 1.29 is 18.0 Å². The second-order valence-corrected chi connectivity index (χ2v) is 11.9. The molecule has 0 aliphatic carbocycles. The number of anilines is 1. The van der Waals surface area contributed by atoms with Gasteiger partial charge in [0, 0.05) is 12.2 Å². The molecule has 1 heterocycles. The van der Waals surface area contributed by atoms with Crippen LogP contribution in [0.4, 0.5) is 5.69 Å². The molecule has 3 rings (SSSR count). The lowest BCUT2D eigenvalue weighted by atomic mass is 10.0. The molecule has 3 atom stereocenters. The zero-order valence-electron chi connectivity index (χ0n) is 19.3. The average Bonchev–Trinajstić information content (AvgIpc) is 2.78. The Bertz CT molecular complexity index is 1080. The fourth-order valence-electron chi connectivity index (χ4n) is 3.49. The van der Waals surface area contributed by atoms with Gasteiger partial charge in [-0.05, 0) is 49.1 Å². The summed E-state index contributed by atoms with van der Waals surface area (Å²) in [6, 6.07) is 14.2. The lowest BCUT2D eigenvalue weighted by Crippen LogP contribution is -2.60. The van der Waals surface area contributed by atoms with E-state index in [-0.39, 0.29) is 17.3 Å². The van der Waals surface area contributed by atoms with E-state index in [1.807, 2.05) is 38.1 Å². The van der Waals surface area contributed by atoms with Crippen LogP contribution in [0.25, 0.3) is 0 Å². The van der Waals surface area contributed by atoms with Crippen LogP contribution in [0.15, 0.2) is 53.4 Å². The van der Waals surface area contributed by atoms with Crippen LogP contribution in [0.1, 0.15) is 44.2 Å². The highest BCUT2D eigenvalue weighted by Gasteiger charge is 2.39. The monoisotopic (exact) mass is 489 g/mol. The summed E-state index contributed by atoms with van der Waals surface area (Å²) in [5.41, 5.74) is 2.30. The minimum atomic E-state index is -3.82. The van der Waals surface area contributed by atoms with Gasteiger partial charge in [-0.3, -0.25) is 14.9 Å². The number of amides is 2. The van der Waals surface area contributed by atoms with E-state index in [0.717, 1.165) is 5.56 Å². The summed E-state index contributed by atoms with van der Waals surface area (Å²) in [7, 11) is -3.82. The highest BCUT2D eigenvalue weighted by atomic mass is 32.2. The summed E-state index contributed by atoms with van der Waals surface area (Å²) in [5.74, 6) is -0.315. The first-order valence-corrected chi connectivity index (χ1v) is 13.5. The van der Waals surface area contributed by atoms with Crippen molar-refractivity contribution in [3.05, 3.63) is 59.7 Å². The van der Waals surface area contributed by atoms with Crippen LogP contribution in [-0.4, -0.2) is 42.8 Å². The quantitative estimate of drug-likeness (QED) is 0.525. The predicted octanol–water partition coefficient (Wildman–Crippen LogP) is 3.41. The second-order valence-electron chi connectivity index (χ2n) is 8.44. The van der Waals surface area contributed by atoms with E-state index in [2.05, 4.69) is 29.8 Å². The van der Waals surface area contributed by atoms with Crippen molar-refractivity contribution in [2.24, 2.45) is 0 Å². The van der Waals surface area contributed by atoms with E-state index in [9.17, 15) is 18.0 Å². The Morgan fingerprint density at radius 3 is 2.30 bits per heavy atom. The van der Waals surface area contributed by atoms with Crippen molar-refractivity contribution in [2.75, 3.05) is 11.9 Å². The average molecular weight is 490 g/mol. The summed E-state index contributed by atoms with van der Waals surface area (Å²) >= 11 is 1.27. The van der Waals surface area contributed by atoms with Gasteiger partial charge in [0.2, 0.25) is 11.8 Å². The van der Waals surface area contributed by atoms with Gasteiger partial charge in [0.05, 0.1) is 10.1 Å². The Kier molecular flexibility index (Phi) is 8.20. The minimum Gasteiger partial charge on any atom is -0.331 e. The molecule has 0 spiro atoms. The van der Waals surface area contributed by atoms with E-state index < -0.39 is 31.7 Å². The SMILES string of the molecule is CCC(SC1NCC(S(=O)(=O)c2ccc(C)cc2)C(=O)N1)C(=O)Nc1ccc(C(C)C)cc1. The lowest BCUT2D eigenvalue weighted by molar-refractivity contribution is -0.122. The van der Waals surface area contributed by atoms with Gasteiger partial charge in [0.15, 0.2) is 15.1 Å². The minimum absolute atomic E-state index is 0.0194. The van der Waals surface area contributed by atoms with Gasteiger partial charge in [-0.15, -0.1) is 11.8 Å². The van der Waals surface area contributed by atoms with Crippen LogP contribution < -0.4 is 16.0 Å². The van der Waals surface area contributed by atoms with E-state index in [1.165, 1.54) is 29.5 Å². The molecule has 1 aliphatic heterocycles. The number of aryl methyl sites for hydroxylation is 1. The Morgan fingerprint density at radius 1 is 1.12 bits per heavy atom. The van der Waals surface area contributed by atoms with Crippen LogP contribution in [0.5, 0.6) is 0 Å². The summed E-state index contributed by atoms with van der Waals surface area (Å²) in [6.45, 7) is 7.97.